The summed E-state index contributed by atoms with van der Waals surface area (Å²) in [7, 11) is 0. The van der Waals surface area contributed by atoms with Crippen LogP contribution in [0.25, 0.3) is 0 Å². The highest BCUT2D eigenvalue weighted by Crippen LogP contribution is 2.20. The van der Waals surface area contributed by atoms with Crippen LogP contribution in [0.2, 0.25) is 5.02 Å². The quantitative estimate of drug-likeness (QED) is 0.789. The summed E-state index contributed by atoms with van der Waals surface area (Å²) in [6.45, 7) is 1.28. The van der Waals surface area contributed by atoms with E-state index >= 15 is 0 Å². The average molecular weight is 225 g/mol. The van der Waals surface area contributed by atoms with Gasteiger partial charge >= 0.3 is 0 Å². The van der Waals surface area contributed by atoms with E-state index < -0.39 is 0 Å². The molecule has 0 bridgehead atoms. The molecule has 1 atom stereocenters. The lowest BCUT2D eigenvalue weighted by atomic mass is 9.97. The molecule has 0 N–H and O–H groups in total. The Bertz CT molecular complexity index is 356. The van der Waals surface area contributed by atoms with Crippen LogP contribution in [0.3, 0.4) is 0 Å². The third-order valence-corrected chi connectivity index (χ3v) is 3.08. The van der Waals surface area contributed by atoms with Crippen LogP contribution in [0.5, 0.6) is 0 Å². The minimum absolute atomic E-state index is 0.0706. The van der Waals surface area contributed by atoms with E-state index in [-0.39, 0.29) is 11.7 Å². The Hall–Kier alpha value is -0.860. The molecule has 1 heterocycles. The summed E-state index contributed by atoms with van der Waals surface area (Å²) in [5.74, 6) is 0.307. The SMILES string of the molecule is O=C(Cc1ccccc1Cl)[C@H]1CCOC1. The number of halogens is 1. The van der Waals surface area contributed by atoms with Crippen molar-refractivity contribution < 1.29 is 9.53 Å². The summed E-state index contributed by atoms with van der Waals surface area (Å²) in [5, 5.41) is 0.671. The van der Waals surface area contributed by atoms with Gasteiger partial charge in [0.2, 0.25) is 0 Å². The van der Waals surface area contributed by atoms with Crippen LogP contribution in [0.4, 0.5) is 0 Å². The predicted octanol–water partition coefficient (Wildman–Crippen LogP) is 2.49. The number of Topliss-reactive ketones (excluding diaryl/α,β-unsaturated/α-hetero) is 1. The molecule has 0 aromatic heterocycles. The van der Waals surface area contributed by atoms with E-state index in [4.69, 9.17) is 16.3 Å². The smallest absolute Gasteiger partial charge is 0.142 e. The second-order valence-corrected chi connectivity index (χ2v) is 4.20. The fourth-order valence-electron chi connectivity index (χ4n) is 1.76. The Morgan fingerprint density at radius 1 is 1.47 bits per heavy atom. The first-order valence-electron chi connectivity index (χ1n) is 5.11. The molecule has 1 fully saturated rings. The van der Waals surface area contributed by atoms with Gasteiger partial charge in [0, 0.05) is 24.0 Å². The highest BCUT2D eigenvalue weighted by atomic mass is 35.5. The summed E-state index contributed by atoms with van der Waals surface area (Å²) < 4.78 is 5.19. The average Bonchev–Trinajstić information content (AvgIpc) is 2.74. The Kier molecular flexibility index (Phi) is 3.39. The molecule has 3 heteroatoms. The molecule has 1 aliphatic heterocycles. The zero-order valence-electron chi connectivity index (χ0n) is 8.41. The van der Waals surface area contributed by atoms with Crippen LogP contribution < -0.4 is 0 Å². The van der Waals surface area contributed by atoms with Gasteiger partial charge in [-0.2, -0.15) is 0 Å². The highest BCUT2D eigenvalue weighted by molar-refractivity contribution is 6.31. The maximum absolute atomic E-state index is 11.8. The van der Waals surface area contributed by atoms with Crippen molar-refractivity contribution in [2.45, 2.75) is 12.8 Å². The van der Waals surface area contributed by atoms with E-state index in [9.17, 15) is 4.79 Å². The van der Waals surface area contributed by atoms with Gasteiger partial charge in [0.05, 0.1) is 6.61 Å². The molecule has 1 aromatic rings. The number of ketones is 1. The van der Waals surface area contributed by atoms with Crippen LogP contribution in [-0.4, -0.2) is 19.0 Å². The molecular formula is C12H13ClO2. The van der Waals surface area contributed by atoms with E-state index in [1.165, 1.54) is 0 Å². The van der Waals surface area contributed by atoms with E-state index in [0.717, 1.165) is 12.0 Å². The number of carbonyl (C=O) groups is 1. The summed E-state index contributed by atoms with van der Waals surface area (Å²) in [4.78, 5) is 11.8. The van der Waals surface area contributed by atoms with Crippen molar-refractivity contribution in [1.82, 2.24) is 0 Å². The maximum atomic E-state index is 11.8. The van der Waals surface area contributed by atoms with Gasteiger partial charge in [-0.25, -0.2) is 0 Å². The lowest BCUT2D eigenvalue weighted by Gasteiger charge is -2.07. The molecule has 0 aliphatic carbocycles. The first kappa shape index (κ1) is 10.7. The molecule has 0 spiro atoms. The Labute approximate surface area is 94.2 Å². The molecule has 2 nitrogen and oxygen atoms in total. The van der Waals surface area contributed by atoms with Gasteiger partial charge in [-0.3, -0.25) is 4.79 Å². The van der Waals surface area contributed by atoms with Gasteiger partial charge in [-0.15, -0.1) is 0 Å². The summed E-state index contributed by atoms with van der Waals surface area (Å²) in [6, 6.07) is 7.49. The molecule has 0 unspecified atom stereocenters. The van der Waals surface area contributed by atoms with Crippen LogP contribution in [0, 0.1) is 5.92 Å². The largest absolute Gasteiger partial charge is 0.381 e. The number of hydrogen-bond acceptors (Lipinski definition) is 2. The molecule has 0 amide bonds. The number of carbonyl (C=O) groups excluding carboxylic acids is 1. The van der Waals surface area contributed by atoms with Crippen LogP contribution in [0.15, 0.2) is 24.3 Å². The molecule has 2 rings (SSSR count). The Morgan fingerprint density at radius 3 is 2.93 bits per heavy atom. The van der Waals surface area contributed by atoms with Crippen molar-refractivity contribution in [3.63, 3.8) is 0 Å². The molecule has 1 aliphatic rings. The zero-order chi connectivity index (χ0) is 10.7. The molecular weight excluding hydrogens is 212 g/mol. The summed E-state index contributed by atoms with van der Waals surface area (Å²) in [6.07, 6.45) is 1.27. The topological polar surface area (TPSA) is 26.3 Å². The monoisotopic (exact) mass is 224 g/mol. The Balaban J connectivity index is 2.02. The molecule has 0 saturated carbocycles. The number of ether oxygens (including phenoxy) is 1. The van der Waals surface area contributed by atoms with Gasteiger partial charge in [0.15, 0.2) is 0 Å². The molecule has 80 valence electrons. The number of hydrogen-bond donors (Lipinski definition) is 0. The van der Waals surface area contributed by atoms with Crippen molar-refractivity contribution in [3.05, 3.63) is 34.9 Å². The standard InChI is InChI=1S/C12H13ClO2/c13-11-4-2-1-3-9(11)7-12(14)10-5-6-15-8-10/h1-4,10H,5-8H2/t10-/m0/s1. The maximum Gasteiger partial charge on any atom is 0.142 e. The first-order chi connectivity index (χ1) is 7.27. The second kappa shape index (κ2) is 4.77. The van der Waals surface area contributed by atoms with Crippen molar-refractivity contribution in [3.8, 4) is 0 Å². The molecule has 1 saturated heterocycles. The van der Waals surface area contributed by atoms with Gasteiger partial charge in [-0.1, -0.05) is 29.8 Å². The Morgan fingerprint density at radius 2 is 2.27 bits per heavy atom. The first-order valence-corrected chi connectivity index (χ1v) is 5.49. The number of rotatable bonds is 3. The zero-order valence-corrected chi connectivity index (χ0v) is 9.17. The third-order valence-electron chi connectivity index (χ3n) is 2.71. The van der Waals surface area contributed by atoms with Crippen molar-refractivity contribution in [1.29, 1.82) is 0 Å². The van der Waals surface area contributed by atoms with Crippen LogP contribution >= 0.6 is 11.6 Å². The lowest BCUT2D eigenvalue weighted by molar-refractivity contribution is -0.122. The highest BCUT2D eigenvalue weighted by Gasteiger charge is 2.23. The fraction of sp³-hybridized carbons (Fsp3) is 0.417. The van der Waals surface area contributed by atoms with E-state index in [1.807, 2.05) is 24.3 Å². The number of benzene rings is 1. The molecule has 1 aromatic carbocycles. The van der Waals surface area contributed by atoms with E-state index in [0.29, 0.717) is 24.7 Å². The van der Waals surface area contributed by atoms with Crippen LogP contribution in [-0.2, 0) is 16.0 Å². The van der Waals surface area contributed by atoms with E-state index in [2.05, 4.69) is 0 Å². The van der Waals surface area contributed by atoms with Gasteiger partial charge < -0.3 is 4.74 Å². The molecule has 15 heavy (non-hydrogen) atoms. The minimum atomic E-state index is 0.0706. The van der Waals surface area contributed by atoms with Crippen molar-refractivity contribution in [2.24, 2.45) is 5.92 Å². The van der Waals surface area contributed by atoms with Crippen molar-refractivity contribution in [2.75, 3.05) is 13.2 Å². The minimum Gasteiger partial charge on any atom is -0.381 e. The second-order valence-electron chi connectivity index (χ2n) is 3.80. The third kappa shape index (κ3) is 2.58. The summed E-state index contributed by atoms with van der Waals surface area (Å²) in [5.41, 5.74) is 0.913. The lowest BCUT2D eigenvalue weighted by Crippen LogP contribution is -2.16. The van der Waals surface area contributed by atoms with Gasteiger partial charge in [0.25, 0.3) is 0 Å². The van der Waals surface area contributed by atoms with Crippen LogP contribution in [0.1, 0.15) is 12.0 Å². The fourth-order valence-corrected chi connectivity index (χ4v) is 1.96. The van der Waals surface area contributed by atoms with Gasteiger partial charge in [-0.05, 0) is 18.1 Å². The van der Waals surface area contributed by atoms with Gasteiger partial charge in [0.1, 0.15) is 5.78 Å². The van der Waals surface area contributed by atoms with E-state index in [1.54, 1.807) is 0 Å². The molecule has 0 radical (unpaired) electrons. The predicted molar refractivity (Wildman–Crippen MR) is 59.1 cm³/mol. The summed E-state index contributed by atoms with van der Waals surface area (Å²) >= 11 is 5.99. The normalized spacial score (nSPS) is 20.5. The van der Waals surface area contributed by atoms with Crippen molar-refractivity contribution >= 4 is 17.4 Å².